The zero-order chi connectivity index (χ0) is 15.0. The standard InChI is InChI=1S/C15H18N2O4/c18-12-5-6-13(19)16(12)9-10-1-3-11(4-2-10)17-14(20)7-8-15(17)21/h5-6,10-11H,1-4,7-9H2. The van der Waals surface area contributed by atoms with E-state index in [1.165, 1.54) is 22.0 Å². The monoisotopic (exact) mass is 290 g/mol. The highest BCUT2D eigenvalue weighted by molar-refractivity contribution is 6.12. The van der Waals surface area contributed by atoms with Gasteiger partial charge in [0.2, 0.25) is 11.8 Å². The van der Waals surface area contributed by atoms with Crippen molar-refractivity contribution in [2.45, 2.75) is 44.6 Å². The van der Waals surface area contributed by atoms with Crippen molar-refractivity contribution in [3.63, 3.8) is 0 Å². The van der Waals surface area contributed by atoms with E-state index < -0.39 is 0 Å². The molecule has 0 atom stereocenters. The Morgan fingerprint density at radius 1 is 0.857 bits per heavy atom. The highest BCUT2D eigenvalue weighted by Crippen LogP contribution is 2.31. The van der Waals surface area contributed by atoms with Gasteiger partial charge in [-0.15, -0.1) is 0 Å². The third-order valence-electron chi connectivity index (χ3n) is 4.61. The minimum absolute atomic E-state index is 0.00635. The number of hydrogen-bond acceptors (Lipinski definition) is 4. The van der Waals surface area contributed by atoms with Gasteiger partial charge in [-0.05, 0) is 31.6 Å². The van der Waals surface area contributed by atoms with Crippen molar-refractivity contribution < 1.29 is 19.2 Å². The maximum Gasteiger partial charge on any atom is 0.253 e. The Bertz CT molecular complexity index is 498. The second-order valence-electron chi connectivity index (χ2n) is 5.95. The molecule has 1 saturated heterocycles. The molecule has 6 nitrogen and oxygen atoms in total. The first-order valence-corrected chi connectivity index (χ1v) is 7.44. The molecule has 0 bridgehead atoms. The van der Waals surface area contributed by atoms with Gasteiger partial charge >= 0.3 is 0 Å². The summed E-state index contributed by atoms with van der Waals surface area (Å²) in [7, 11) is 0. The Hall–Kier alpha value is -1.98. The van der Waals surface area contributed by atoms with E-state index in [-0.39, 0.29) is 35.6 Å². The highest BCUT2D eigenvalue weighted by Gasteiger charge is 2.37. The summed E-state index contributed by atoms with van der Waals surface area (Å²) in [5.74, 6) is -0.337. The molecule has 0 aromatic rings. The SMILES string of the molecule is O=C1C=CC(=O)N1CC1CCC(N2C(=O)CCC2=O)CC1. The van der Waals surface area contributed by atoms with Crippen LogP contribution < -0.4 is 0 Å². The summed E-state index contributed by atoms with van der Waals surface area (Å²) in [5, 5.41) is 0. The summed E-state index contributed by atoms with van der Waals surface area (Å²) in [5.41, 5.74) is 0. The van der Waals surface area contributed by atoms with Crippen LogP contribution in [0.3, 0.4) is 0 Å². The number of nitrogens with zero attached hydrogens (tertiary/aromatic N) is 2. The summed E-state index contributed by atoms with van der Waals surface area (Å²) in [6.07, 6.45) is 6.47. The van der Waals surface area contributed by atoms with E-state index in [1.807, 2.05) is 0 Å². The third-order valence-corrected chi connectivity index (χ3v) is 4.61. The fraction of sp³-hybridized carbons (Fsp3) is 0.600. The molecule has 0 N–H and O–H groups in total. The summed E-state index contributed by atoms with van der Waals surface area (Å²) in [6.45, 7) is 0.444. The molecule has 2 fully saturated rings. The second kappa shape index (κ2) is 5.42. The minimum atomic E-state index is -0.243. The van der Waals surface area contributed by atoms with Gasteiger partial charge < -0.3 is 0 Å². The van der Waals surface area contributed by atoms with E-state index in [2.05, 4.69) is 0 Å². The molecule has 0 spiro atoms. The largest absolute Gasteiger partial charge is 0.280 e. The lowest BCUT2D eigenvalue weighted by molar-refractivity contribution is -0.142. The van der Waals surface area contributed by atoms with Crippen LogP contribution in [0.4, 0.5) is 0 Å². The number of imide groups is 2. The van der Waals surface area contributed by atoms with Gasteiger partial charge in [0.05, 0.1) is 0 Å². The number of amides is 4. The van der Waals surface area contributed by atoms with Crippen LogP contribution in [0.5, 0.6) is 0 Å². The predicted molar refractivity (Wildman–Crippen MR) is 72.7 cm³/mol. The first kappa shape index (κ1) is 14.0. The molecule has 3 rings (SSSR count). The molecule has 0 radical (unpaired) electrons. The quantitative estimate of drug-likeness (QED) is 0.714. The van der Waals surface area contributed by atoms with E-state index in [0.29, 0.717) is 19.4 Å². The van der Waals surface area contributed by atoms with Crippen LogP contribution in [0.2, 0.25) is 0 Å². The maximum atomic E-state index is 11.7. The average molecular weight is 290 g/mol. The summed E-state index contributed by atoms with van der Waals surface area (Å²) >= 11 is 0. The number of hydrogen-bond donors (Lipinski definition) is 0. The Morgan fingerprint density at radius 3 is 1.90 bits per heavy atom. The lowest BCUT2D eigenvalue weighted by Crippen LogP contribution is -2.43. The van der Waals surface area contributed by atoms with Gasteiger partial charge in [0.15, 0.2) is 0 Å². The van der Waals surface area contributed by atoms with E-state index in [1.54, 1.807) is 0 Å². The number of rotatable bonds is 3. The fourth-order valence-corrected chi connectivity index (χ4v) is 3.46. The van der Waals surface area contributed by atoms with E-state index in [9.17, 15) is 19.2 Å². The zero-order valence-corrected chi connectivity index (χ0v) is 11.8. The van der Waals surface area contributed by atoms with E-state index in [0.717, 1.165) is 25.7 Å². The third kappa shape index (κ3) is 2.62. The van der Waals surface area contributed by atoms with E-state index >= 15 is 0 Å². The summed E-state index contributed by atoms with van der Waals surface area (Å²) in [4.78, 5) is 49.2. The van der Waals surface area contributed by atoms with Gasteiger partial charge in [-0.3, -0.25) is 29.0 Å². The molecule has 6 heteroatoms. The fourth-order valence-electron chi connectivity index (χ4n) is 3.46. The van der Waals surface area contributed by atoms with Gasteiger partial charge in [-0.25, -0.2) is 0 Å². The van der Waals surface area contributed by atoms with Gasteiger partial charge in [-0.2, -0.15) is 0 Å². The first-order chi connectivity index (χ1) is 10.1. The molecular formula is C15H18N2O4. The van der Waals surface area contributed by atoms with Crippen LogP contribution in [-0.4, -0.2) is 46.0 Å². The molecule has 2 aliphatic heterocycles. The molecule has 0 unspecified atom stereocenters. The lowest BCUT2D eigenvalue weighted by atomic mass is 9.85. The first-order valence-electron chi connectivity index (χ1n) is 7.44. The molecule has 0 aromatic carbocycles. The van der Waals surface area contributed by atoms with Crippen LogP contribution in [0.25, 0.3) is 0 Å². The van der Waals surface area contributed by atoms with Crippen LogP contribution >= 0.6 is 0 Å². The number of carbonyl (C=O) groups excluding carboxylic acids is 4. The van der Waals surface area contributed by atoms with Crippen molar-refractivity contribution in [1.82, 2.24) is 9.80 Å². The molecule has 0 aromatic heterocycles. The minimum Gasteiger partial charge on any atom is -0.280 e. The molecule has 21 heavy (non-hydrogen) atoms. The Balaban J connectivity index is 1.54. The van der Waals surface area contributed by atoms with Crippen LogP contribution in [-0.2, 0) is 19.2 Å². The number of carbonyl (C=O) groups is 4. The molecule has 2 heterocycles. The van der Waals surface area contributed by atoms with Crippen molar-refractivity contribution in [1.29, 1.82) is 0 Å². The summed E-state index contributed by atoms with van der Waals surface area (Å²) < 4.78 is 0. The van der Waals surface area contributed by atoms with Crippen molar-refractivity contribution >= 4 is 23.6 Å². The molecule has 3 aliphatic rings. The van der Waals surface area contributed by atoms with Gasteiger partial charge in [0.1, 0.15) is 0 Å². The molecule has 4 amide bonds. The molecule has 112 valence electrons. The lowest BCUT2D eigenvalue weighted by Gasteiger charge is -2.34. The van der Waals surface area contributed by atoms with Gasteiger partial charge in [0, 0.05) is 37.6 Å². The Morgan fingerprint density at radius 2 is 1.38 bits per heavy atom. The average Bonchev–Trinajstić information content (AvgIpc) is 2.96. The highest BCUT2D eigenvalue weighted by atomic mass is 16.2. The van der Waals surface area contributed by atoms with E-state index in [4.69, 9.17) is 0 Å². The van der Waals surface area contributed by atoms with Gasteiger partial charge in [0.25, 0.3) is 11.8 Å². The van der Waals surface area contributed by atoms with Crippen LogP contribution in [0, 0.1) is 5.92 Å². The van der Waals surface area contributed by atoms with Crippen molar-refractivity contribution in [2.75, 3.05) is 6.54 Å². The zero-order valence-electron chi connectivity index (χ0n) is 11.8. The second-order valence-corrected chi connectivity index (χ2v) is 5.95. The molecular weight excluding hydrogens is 272 g/mol. The number of likely N-dealkylation sites (tertiary alicyclic amines) is 1. The Labute approximate surface area is 122 Å². The summed E-state index contributed by atoms with van der Waals surface area (Å²) in [6, 6.07) is 0.00635. The van der Waals surface area contributed by atoms with Crippen LogP contribution in [0.1, 0.15) is 38.5 Å². The van der Waals surface area contributed by atoms with Crippen molar-refractivity contribution in [2.24, 2.45) is 5.92 Å². The van der Waals surface area contributed by atoms with Crippen molar-refractivity contribution in [3.05, 3.63) is 12.2 Å². The smallest absolute Gasteiger partial charge is 0.253 e. The van der Waals surface area contributed by atoms with Crippen LogP contribution in [0.15, 0.2) is 12.2 Å². The topological polar surface area (TPSA) is 74.8 Å². The van der Waals surface area contributed by atoms with Crippen molar-refractivity contribution in [3.8, 4) is 0 Å². The normalized spacial score (nSPS) is 29.9. The van der Waals surface area contributed by atoms with Gasteiger partial charge in [-0.1, -0.05) is 0 Å². The maximum absolute atomic E-state index is 11.7. The molecule has 1 saturated carbocycles. The predicted octanol–water partition coefficient (Wildman–Crippen LogP) is 0.619. The molecule has 1 aliphatic carbocycles. The Kier molecular flexibility index (Phi) is 3.61.